The molecule has 7 nitrogen and oxygen atoms in total. The average molecular weight is 747 g/mol. The second-order valence-electron chi connectivity index (χ2n) is 21.9. The molecule has 54 heavy (non-hydrogen) atoms. The molecule has 6 aliphatic carbocycles. The minimum absolute atomic E-state index is 0.0908. The van der Waals surface area contributed by atoms with Crippen molar-refractivity contribution in [1.82, 2.24) is 9.80 Å². The highest BCUT2D eigenvalue weighted by molar-refractivity contribution is 5.85. The molecule has 1 N–H and O–H groups in total. The summed E-state index contributed by atoms with van der Waals surface area (Å²) >= 11 is 0. The molecule has 0 spiro atoms. The normalized spacial score (nSPS) is 48.4. The molecule has 1 amide bonds. The molecule has 14 atom stereocenters. The van der Waals surface area contributed by atoms with E-state index in [4.69, 9.17) is 4.74 Å². The Morgan fingerprint density at radius 3 is 2.20 bits per heavy atom. The van der Waals surface area contributed by atoms with Gasteiger partial charge < -0.3 is 19.6 Å². The Morgan fingerprint density at radius 1 is 0.778 bits per heavy atom. The monoisotopic (exact) mass is 747 g/mol. The van der Waals surface area contributed by atoms with E-state index in [9.17, 15) is 14.7 Å². The number of carbonyl (C=O) groups excluding carboxylic acids is 2. The first-order valence-corrected chi connectivity index (χ1v) is 22.6. The van der Waals surface area contributed by atoms with Crippen molar-refractivity contribution in [2.75, 3.05) is 26.2 Å². The van der Waals surface area contributed by atoms with E-state index in [-0.39, 0.29) is 39.7 Å². The quantitative estimate of drug-likeness (QED) is 0.207. The number of ether oxygens (including phenoxy) is 1. The molecule has 8 rings (SSSR count). The van der Waals surface area contributed by atoms with E-state index in [1.165, 1.54) is 63.6 Å². The maximum Gasteiger partial charge on any atom is 0.309 e. The minimum Gasteiger partial charge on any atom is -0.481 e. The predicted octanol–water partition coefficient (Wildman–Crippen LogP) is 9.39. The molecule has 302 valence electrons. The number of carboxylic acid groups (broad SMARTS) is 1. The standard InChI is InChI=1S/C47H74N2O5/c1-29(2)32-16-21-47(42(53)49-26-12-13-31(49)28-48-24-10-9-11-25-48)23-22-45(7)34(39(32)47)14-15-38-44(6)19-18-37(30(3)33(44)17-20-46(38,45)8)54-41(52)36-27-35(40(50)51)43(36,4)5/h30-39H,1,9-28H2,2-8H3,(H,50,51)/t30-,31+,32+,33+,34-,35+,36-,37+,38-,39-,44+,45-,46-,47+/m1/s1. The number of allylic oxidation sites excluding steroid dienone is 1. The van der Waals surface area contributed by atoms with Crippen LogP contribution in [-0.4, -0.2) is 71.1 Å². The van der Waals surface area contributed by atoms with Gasteiger partial charge in [0.2, 0.25) is 5.91 Å². The van der Waals surface area contributed by atoms with Crippen molar-refractivity contribution in [2.24, 2.45) is 74.4 Å². The first-order chi connectivity index (χ1) is 25.5. The van der Waals surface area contributed by atoms with E-state index in [0.29, 0.717) is 53.9 Å². The van der Waals surface area contributed by atoms with Crippen LogP contribution in [0.4, 0.5) is 0 Å². The number of piperidine rings is 1. The summed E-state index contributed by atoms with van der Waals surface area (Å²) in [7, 11) is 0. The van der Waals surface area contributed by atoms with Crippen molar-refractivity contribution in [3.8, 4) is 0 Å². The molecule has 7 heteroatoms. The number of hydrogen-bond acceptors (Lipinski definition) is 5. The molecule has 0 aromatic rings. The first-order valence-electron chi connectivity index (χ1n) is 22.6. The Balaban J connectivity index is 1.01. The van der Waals surface area contributed by atoms with Gasteiger partial charge in [0.15, 0.2) is 0 Å². The Labute approximate surface area is 327 Å². The van der Waals surface area contributed by atoms with E-state index in [1.54, 1.807) is 0 Å². The summed E-state index contributed by atoms with van der Waals surface area (Å²) in [5.74, 6) is 1.51. The number of aliphatic carboxylic acids is 1. The van der Waals surface area contributed by atoms with Gasteiger partial charge in [0.1, 0.15) is 6.10 Å². The van der Waals surface area contributed by atoms with E-state index in [0.717, 1.165) is 64.5 Å². The zero-order valence-electron chi connectivity index (χ0n) is 35.1. The highest BCUT2D eigenvalue weighted by atomic mass is 16.5. The molecular formula is C47H74N2O5. The lowest BCUT2D eigenvalue weighted by atomic mass is 9.33. The largest absolute Gasteiger partial charge is 0.481 e. The zero-order valence-corrected chi connectivity index (χ0v) is 35.1. The maximum absolute atomic E-state index is 15.3. The average Bonchev–Trinajstić information content (AvgIpc) is 3.75. The van der Waals surface area contributed by atoms with Crippen molar-refractivity contribution < 1.29 is 24.2 Å². The third-order valence-corrected chi connectivity index (χ3v) is 19.7. The number of hydrogen-bond donors (Lipinski definition) is 1. The van der Waals surface area contributed by atoms with Crippen molar-refractivity contribution in [1.29, 1.82) is 0 Å². The molecule has 0 aromatic carbocycles. The van der Waals surface area contributed by atoms with Crippen molar-refractivity contribution in [3.63, 3.8) is 0 Å². The maximum atomic E-state index is 15.3. The summed E-state index contributed by atoms with van der Waals surface area (Å²) in [6, 6.07) is 0.379. The summed E-state index contributed by atoms with van der Waals surface area (Å²) in [6.07, 6.45) is 17.7. The molecular weight excluding hydrogens is 673 g/mol. The fourth-order valence-electron chi connectivity index (χ4n) is 16.3. The molecule has 8 fully saturated rings. The van der Waals surface area contributed by atoms with Crippen LogP contribution in [0.1, 0.15) is 151 Å². The highest BCUT2D eigenvalue weighted by Crippen LogP contribution is 2.77. The summed E-state index contributed by atoms with van der Waals surface area (Å²) < 4.78 is 6.36. The van der Waals surface area contributed by atoms with E-state index < -0.39 is 17.3 Å². The third-order valence-electron chi connectivity index (χ3n) is 19.7. The lowest BCUT2D eigenvalue weighted by Gasteiger charge is -2.72. The van der Waals surface area contributed by atoms with Crippen LogP contribution in [0.3, 0.4) is 0 Å². The third kappa shape index (κ3) is 5.58. The van der Waals surface area contributed by atoms with E-state index >= 15 is 4.79 Å². The van der Waals surface area contributed by atoms with Gasteiger partial charge in [0.05, 0.1) is 17.3 Å². The molecule has 0 bridgehead atoms. The molecule has 0 unspecified atom stereocenters. The Kier molecular flexibility index (Phi) is 9.82. The summed E-state index contributed by atoms with van der Waals surface area (Å²) in [5.41, 5.74) is 1.07. The van der Waals surface area contributed by atoms with Crippen LogP contribution in [-0.2, 0) is 19.1 Å². The van der Waals surface area contributed by atoms with Gasteiger partial charge in [0.25, 0.3) is 0 Å². The van der Waals surface area contributed by atoms with E-state index in [2.05, 4.69) is 51.0 Å². The minimum atomic E-state index is -0.804. The Bertz CT molecular complexity index is 1520. The van der Waals surface area contributed by atoms with Gasteiger partial charge in [0, 0.05) is 19.1 Å². The topological polar surface area (TPSA) is 87.2 Å². The van der Waals surface area contributed by atoms with Crippen LogP contribution in [0.5, 0.6) is 0 Å². The van der Waals surface area contributed by atoms with Gasteiger partial charge in [-0.25, -0.2) is 0 Å². The van der Waals surface area contributed by atoms with Gasteiger partial charge in [-0.1, -0.05) is 60.1 Å². The molecule has 8 aliphatic rings. The fourth-order valence-corrected chi connectivity index (χ4v) is 16.3. The summed E-state index contributed by atoms with van der Waals surface area (Å²) in [5, 5.41) is 9.65. The van der Waals surface area contributed by atoms with Crippen LogP contribution in [0.25, 0.3) is 0 Å². The number of rotatable bonds is 7. The molecule has 2 saturated heterocycles. The van der Waals surface area contributed by atoms with Crippen LogP contribution in [0, 0.1) is 74.4 Å². The molecule has 2 heterocycles. The van der Waals surface area contributed by atoms with Gasteiger partial charge >= 0.3 is 11.9 Å². The fraction of sp³-hybridized carbons (Fsp3) is 0.894. The number of amides is 1. The smallest absolute Gasteiger partial charge is 0.309 e. The summed E-state index contributed by atoms with van der Waals surface area (Å²) in [4.78, 5) is 45.6. The highest BCUT2D eigenvalue weighted by Gasteiger charge is 2.72. The predicted molar refractivity (Wildman–Crippen MR) is 212 cm³/mol. The van der Waals surface area contributed by atoms with Gasteiger partial charge in [-0.3, -0.25) is 14.4 Å². The lowest BCUT2D eigenvalue weighted by Crippen LogP contribution is -2.66. The Morgan fingerprint density at radius 2 is 1.52 bits per heavy atom. The van der Waals surface area contributed by atoms with Crippen LogP contribution >= 0.6 is 0 Å². The first kappa shape index (κ1) is 39.0. The number of carboxylic acids is 1. The number of nitrogens with zero attached hydrogens (tertiary/aromatic N) is 2. The molecule has 0 aromatic heterocycles. The zero-order chi connectivity index (χ0) is 38.6. The van der Waals surface area contributed by atoms with Crippen molar-refractivity contribution >= 4 is 17.8 Å². The molecule has 0 radical (unpaired) electrons. The van der Waals surface area contributed by atoms with E-state index in [1.807, 2.05) is 13.8 Å². The molecule has 6 saturated carbocycles. The van der Waals surface area contributed by atoms with Crippen molar-refractivity contribution in [3.05, 3.63) is 12.2 Å². The number of esters is 1. The second-order valence-corrected chi connectivity index (χ2v) is 21.9. The van der Waals surface area contributed by atoms with Gasteiger partial charge in [-0.05, 0) is 173 Å². The lowest BCUT2D eigenvalue weighted by molar-refractivity contribution is -0.238. The van der Waals surface area contributed by atoms with Crippen molar-refractivity contribution in [2.45, 2.75) is 163 Å². The van der Waals surface area contributed by atoms with Crippen LogP contribution in [0.15, 0.2) is 12.2 Å². The second kappa shape index (κ2) is 13.6. The summed E-state index contributed by atoms with van der Waals surface area (Å²) in [6.45, 7) is 25.4. The SMILES string of the molecule is C=C(C)[C@@H]1CC[C@]2(C(=O)N3CCC[C@H]3CN3CCCCC3)CC[C@]3(C)[C@H](CC[C@@H]4[C@@]5(C)CC[C@H](OC(=O)[C@H]6C[C@@H](C(=O)O)C6(C)C)[C@H](C)[C@@H]5CC[C@]43C)[C@@H]12. The number of fused-ring (bicyclic) bond motifs is 7. The number of carbonyl (C=O) groups is 3. The molecule has 2 aliphatic heterocycles. The van der Waals surface area contributed by atoms with Crippen LogP contribution < -0.4 is 0 Å². The van der Waals surface area contributed by atoms with Gasteiger partial charge in [-0.15, -0.1) is 0 Å². The Hall–Kier alpha value is -1.89. The van der Waals surface area contributed by atoms with Crippen LogP contribution in [0.2, 0.25) is 0 Å². The number of likely N-dealkylation sites (tertiary alicyclic amines) is 2. The van der Waals surface area contributed by atoms with Gasteiger partial charge in [-0.2, -0.15) is 0 Å².